The molecule has 2 aromatic carbocycles. The van der Waals surface area contributed by atoms with Crippen LogP contribution in [0.2, 0.25) is 0 Å². The fourth-order valence-electron chi connectivity index (χ4n) is 5.75. The largest absolute Gasteiger partial charge is 0.443 e. The van der Waals surface area contributed by atoms with Gasteiger partial charge in [-0.2, -0.15) is 0 Å². The van der Waals surface area contributed by atoms with E-state index in [9.17, 15) is 19.2 Å². The Hall–Kier alpha value is -4.22. The van der Waals surface area contributed by atoms with Crippen molar-refractivity contribution in [2.24, 2.45) is 5.73 Å². The van der Waals surface area contributed by atoms with Crippen molar-refractivity contribution in [2.75, 3.05) is 72.1 Å². The van der Waals surface area contributed by atoms with Crippen molar-refractivity contribution in [3.05, 3.63) is 47.5 Å². The van der Waals surface area contributed by atoms with Crippen LogP contribution in [0.5, 0.6) is 0 Å². The normalized spacial score (nSPS) is 18.8. The number of nitrogens with two attached hydrogens (primary N) is 1. The summed E-state index contributed by atoms with van der Waals surface area (Å²) in [5.74, 6) is -0.631. The van der Waals surface area contributed by atoms with Gasteiger partial charge in [0, 0.05) is 42.4 Å². The highest BCUT2D eigenvalue weighted by Crippen LogP contribution is 2.34. The summed E-state index contributed by atoms with van der Waals surface area (Å²) in [5.41, 5.74) is 10.6. The van der Waals surface area contributed by atoms with E-state index in [-0.39, 0.29) is 30.1 Å². The van der Waals surface area contributed by atoms with Crippen molar-refractivity contribution in [3.63, 3.8) is 0 Å². The molecule has 0 unspecified atom stereocenters. The lowest BCUT2D eigenvalue weighted by Crippen LogP contribution is -2.32. The van der Waals surface area contributed by atoms with E-state index in [1.54, 1.807) is 44.7 Å². The number of anilines is 4. The third kappa shape index (κ3) is 9.27. The Bertz CT molecular complexity index is 1600. The standard InChI is InChI=1S/C16H19N3O4S.C14H17N3O4.C3H6S/c1-10(24)17-7-13-8-19(16(22)23-13)12-2-3-14-11(6-12)4-5-18(14)15(21)9-20;15-6-11-7-17(14(20)21-11)10-1-2-12-9(5-10)3-4-16(12)13(19)8-18;1-3(2)4/h2-3,6,13,20H,4-5,7-9H2,1H3,(H,17,24);1-2,5,11,18H,3-4,6-8,15H2;1-2H3/t13-;11-;/m00./s1. The number of amides is 4. The molecule has 5 N–H and O–H groups in total. The topological polar surface area (TPSA) is 178 Å². The number of aliphatic hydroxyl groups excluding tert-OH is 2. The van der Waals surface area contributed by atoms with Gasteiger partial charge in [-0.15, -0.1) is 0 Å². The Labute approximate surface area is 295 Å². The minimum atomic E-state index is -0.506. The van der Waals surface area contributed by atoms with Crippen molar-refractivity contribution in [3.8, 4) is 0 Å². The molecule has 16 heteroatoms. The number of benzene rings is 2. The summed E-state index contributed by atoms with van der Waals surface area (Å²) in [6, 6.07) is 11.0. The number of nitrogens with one attached hydrogen (secondary N) is 1. The van der Waals surface area contributed by atoms with Crippen LogP contribution >= 0.6 is 24.4 Å². The van der Waals surface area contributed by atoms with E-state index in [1.807, 2.05) is 32.0 Å². The Balaban J connectivity index is 0.000000201. The van der Waals surface area contributed by atoms with Crippen molar-refractivity contribution in [2.45, 2.75) is 45.8 Å². The highest BCUT2D eigenvalue weighted by atomic mass is 32.1. The van der Waals surface area contributed by atoms with Crippen LogP contribution in [-0.2, 0) is 31.9 Å². The van der Waals surface area contributed by atoms with E-state index < -0.39 is 19.3 Å². The molecule has 0 aromatic heterocycles. The quantitative estimate of drug-likeness (QED) is 0.308. The van der Waals surface area contributed by atoms with Crippen LogP contribution in [0.25, 0.3) is 0 Å². The fraction of sp³-hybridized carbons (Fsp3) is 0.455. The highest BCUT2D eigenvalue weighted by Gasteiger charge is 2.34. The van der Waals surface area contributed by atoms with Crippen LogP contribution in [0.4, 0.5) is 32.3 Å². The zero-order valence-electron chi connectivity index (χ0n) is 27.7. The minimum Gasteiger partial charge on any atom is -0.443 e. The number of carbonyl (C=O) groups excluding carboxylic acids is 4. The second kappa shape index (κ2) is 16.9. The van der Waals surface area contributed by atoms with Gasteiger partial charge in [-0.1, -0.05) is 24.4 Å². The lowest BCUT2D eigenvalue weighted by Gasteiger charge is -2.18. The van der Waals surface area contributed by atoms with E-state index in [1.165, 1.54) is 0 Å². The molecule has 0 saturated carbocycles. The Morgan fingerprint density at radius 1 is 0.816 bits per heavy atom. The number of carbonyl (C=O) groups is 4. The first-order chi connectivity index (χ1) is 23.4. The van der Waals surface area contributed by atoms with E-state index in [0.717, 1.165) is 38.7 Å². The van der Waals surface area contributed by atoms with Crippen LogP contribution in [0.1, 0.15) is 31.9 Å². The number of ether oxygens (including phenoxy) is 2. The molecule has 2 aromatic rings. The predicted molar refractivity (Wildman–Crippen MR) is 194 cm³/mol. The third-order valence-electron chi connectivity index (χ3n) is 8.00. The number of fused-ring (bicyclic) bond motifs is 2. The Morgan fingerprint density at radius 2 is 1.24 bits per heavy atom. The summed E-state index contributed by atoms with van der Waals surface area (Å²) < 4.78 is 10.5. The van der Waals surface area contributed by atoms with Gasteiger partial charge in [-0.25, -0.2) is 9.59 Å². The number of nitrogens with zero attached hydrogens (tertiary/aromatic N) is 4. The van der Waals surface area contributed by atoms with Gasteiger partial charge in [0.05, 0.1) is 24.6 Å². The molecule has 2 saturated heterocycles. The molecule has 2 atom stereocenters. The summed E-state index contributed by atoms with van der Waals surface area (Å²) in [7, 11) is 0. The van der Waals surface area contributed by atoms with Crippen LogP contribution < -0.4 is 30.7 Å². The van der Waals surface area contributed by atoms with Gasteiger partial charge in [0.1, 0.15) is 25.4 Å². The number of thiocarbonyl (C=S) groups is 2. The van der Waals surface area contributed by atoms with Gasteiger partial charge in [-0.3, -0.25) is 19.4 Å². The molecule has 2 fully saturated rings. The molecule has 14 nitrogen and oxygen atoms in total. The first-order valence-corrected chi connectivity index (χ1v) is 16.6. The molecule has 4 heterocycles. The van der Waals surface area contributed by atoms with Crippen molar-refractivity contribution in [1.29, 1.82) is 0 Å². The molecule has 0 radical (unpaired) electrons. The lowest BCUT2D eigenvalue weighted by atomic mass is 10.1. The lowest BCUT2D eigenvalue weighted by molar-refractivity contribution is -0.121. The highest BCUT2D eigenvalue weighted by molar-refractivity contribution is 7.80. The molecule has 49 heavy (non-hydrogen) atoms. The monoisotopic (exact) mass is 714 g/mol. The second-order valence-electron chi connectivity index (χ2n) is 11.8. The zero-order chi connectivity index (χ0) is 35.8. The average Bonchev–Trinajstić information content (AvgIpc) is 3.87. The van der Waals surface area contributed by atoms with Crippen LogP contribution in [0, 0.1) is 0 Å². The first kappa shape index (κ1) is 37.6. The molecule has 264 valence electrons. The van der Waals surface area contributed by atoms with Gasteiger partial charge < -0.3 is 40.5 Å². The molecule has 0 aliphatic carbocycles. The van der Waals surface area contributed by atoms with Gasteiger partial charge in [0.15, 0.2) is 0 Å². The minimum absolute atomic E-state index is 0.254. The summed E-state index contributed by atoms with van der Waals surface area (Å²) in [5, 5.41) is 21.0. The Morgan fingerprint density at radius 3 is 1.63 bits per heavy atom. The third-order valence-corrected chi connectivity index (χ3v) is 8.15. The van der Waals surface area contributed by atoms with Crippen LogP contribution in [-0.4, -0.2) is 109 Å². The van der Waals surface area contributed by atoms with Gasteiger partial charge in [0.2, 0.25) is 0 Å². The summed E-state index contributed by atoms with van der Waals surface area (Å²) in [6.45, 7) is 7.34. The first-order valence-electron chi connectivity index (χ1n) is 15.8. The number of aliphatic hydroxyl groups is 2. The zero-order valence-corrected chi connectivity index (χ0v) is 29.3. The van der Waals surface area contributed by atoms with E-state index >= 15 is 0 Å². The summed E-state index contributed by atoms with van der Waals surface area (Å²) >= 11 is 9.50. The average molecular weight is 715 g/mol. The predicted octanol–water partition coefficient (Wildman–Crippen LogP) is 2.08. The second-order valence-corrected chi connectivity index (χ2v) is 13.3. The van der Waals surface area contributed by atoms with Gasteiger partial charge in [-0.05, 0) is 86.0 Å². The molecule has 6 rings (SSSR count). The fourth-order valence-corrected chi connectivity index (χ4v) is 5.84. The number of hydrogen-bond donors (Lipinski definition) is 4. The maximum Gasteiger partial charge on any atom is 0.414 e. The smallest absolute Gasteiger partial charge is 0.414 e. The maximum atomic E-state index is 12.1. The van der Waals surface area contributed by atoms with E-state index in [2.05, 4.69) is 17.5 Å². The van der Waals surface area contributed by atoms with Gasteiger partial charge in [0.25, 0.3) is 11.8 Å². The molecular weight excluding hydrogens is 673 g/mol. The molecule has 4 aliphatic heterocycles. The Kier molecular flexibility index (Phi) is 13.0. The molecule has 4 aliphatic rings. The van der Waals surface area contributed by atoms with Crippen molar-refractivity contribution >= 4 is 81.0 Å². The van der Waals surface area contributed by atoms with Crippen molar-refractivity contribution in [1.82, 2.24) is 5.32 Å². The number of rotatable bonds is 7. The molecule has 0 spiro atoms. The van der Waals surface area contributed by atoms with Crippen molar-refractivity contribution < 1.29 is 38.9 Å². The van der Waals surface area contributed by atoms with E-state index in [4.69, 9.17) is 37.6 Å². The number of hydrogen-bond acceptors (Lipinski definition) is 11. The molecular formula is C33H42N6O8S2. The summed E-state index contributed by atoms with van der Waals surface area (Å²) in [4.78, 5) is 55.2. The summed E-state index contributed by atoms with van der Waals surface area (Å²) in [6.07, 6.45) is 0.0939. The van der Waals surface area contributed by atoms with Crippen LogP contribution in [0.15, 0.2) is 36.4 Å². The maximum absolute atomic E-state index is 12.1. The number of cyclic esters (lactones) is 2. The molecule has 4 amide bonds. The van der Waals surface area contributed by atoms with E-state index in [0.29, 0.717) is 57.1 Å². The van der Waals surface area contributed by atoms with Gasteiger partial charge >= 0.3 is 12.2 Å². The van der Waals surface area contributed by atoms with Crippen LogP contribution in [0.3, 0.4) is 0 Å². The molecule has 0 bridgehead atoms. The SMILES string of the molecule is CC(=S)NC[C@H]1CN(c2ccc3c(c2)CCN3C(=O)CO)C(=O)O1.CC(C)=S.NC[C@H]1CN(c2ccc3c(c2)CCN3C(=O)CO)C(=O)O1.